The van der Waals surface area contributed by atoms with Gasteiger partial charge in [-0.1, -0.05) is 0 Å². The lowest BCUT2D eigenvalue weighted by Gasteiger charge is -2.05. The fraction of sp³-hybridized carbons (Fsp3) is 0.300. The number of nitro groups is 1. The minimum absolute atomic E-state index is 0.0179. The maximum absolute atomic E-state index is 12.7. The summed E-state index contributed by atoms with van der Waals surface area (Å²) in [7, 11) is 0. The zero-order chi connectivity index (χ0) is 12.0. The van der Waals surface area contributed by atoms with Gasteiger partial charge in [-0.3, -0.25) is 10.1 Å². The zero-order valence-corrected chi connectivity index (χ0v) is 8.35. The van der Waals surface area contributed by atoms with E-state index in [0.29, 0.717) is 12.8 Å². The molecule has 5 nitrogen and oxygen atoms in total. The molecule has 6 heteroatoms. The zero-order valence-electron chi connectivity index (χ0n) is 8.35. The monoisotopic (exact) mass is 224 g/mol. The Bertz CT molecular complexity index is 429. The molecule has 0 saturated heterocycles. The van der Waals surface area contributed by atoms with Gasteiger partial charge in [0, 0.05) is 6.42 Å². The van der Waals surface area contributed by atoms with Gasteiger partial charge in [-0.25, -0.2) is 4.39 Å². The van der Waals surface area contributed by atoms with Gasteiger partial charge in [-0.05, 0) is 18.6 Å². The van der Waals surface area contributed by atoms with Crippen LogP contribution in [-0.4, -0.2) is 11.5 Å². The number of hydrogen-bond donors (Lipinski definition) is 0. The van der Waals surface area contributed by atoms with Crippen molar-refractivity contribution in [1.82, 2.24) is 0 Å². The Morgan fingerprint density at radius 3 is 2.94 bits per heavy atom. The molecule has 0 atom stereocenters. The number of halogens is 1. The van der Waals surface area contributed by atoms with E-state index in [1.165, 1.54) is 6.07 Å². The van der Waals surface area contributed by atoms with Crippen molar-refractivity contribution in [2.24, 2.45) is 0 Å². The first kappa shape index (κ1) is 11.9. The number of ether oxygens (including phenoxy) is 1. The van der Waals surface area contributed by atoms with Crippen molar-refractivity contribution in [2.45, 2.75) is 12.8 Å². The molecule has 84 valence electrons. The Kier molecular flexibility index (Phi) is 4.21. The Morgan fingerprint density at radius 1 is 1.56 bits per heavy atom. The van der Waals surface area contributed by atoms with Crippen LogP contribution in [-0.2, 0) is 0 Å². The van der Waals surface area contributed by atoms with Crippen LogP contribution in [0.1, 0.15) is 12.8 Å². The van der Waals surface area contributed by atoms with E-state index in [1.807, 2.05) is 6.07 Å². The van der Waals surface area contributed by atoms with Crippen molar-refractivity contribution < 1.29 is 14.1 Å². The van der Waals surface area contributed by atoms with Gasteiger partial charge in [0.05, 0.1) is 23.7 Å². The second kappa shape index (κ2) is 5.66. The molecule has 0 aliphatic carbocycles. The van der Waals surface area contributed by atoms with Crippen LogP contribution in [0.4, 0.5) is 10.1 Å². The first-order chi connectivity index (χ1) is 7.65. The van der Waals surface area contributed by atoms with Crippen molar-refractivity contribution in [2.75, 3.05) is 6.61 Å². The van der Waals surface area contributed by atoms with E-state index in [2.05, 4.69) is 0 Å². The van der Waals surface area contributed by atoms with Crippen molar-refractivity contribution in [3.8, 4) is 11.8 Å². The normalized spacial score (nSPS) is 9.50. The predicted octanol–water partition coefficient (Wildman–Crippen LogP) is 2.42. The number of hydrogen-bond acceptors (Lipinski definition) is 4. The summed E-state index contributed by atoms with van der Waals surface area (Å²) in [6.45, 7) is 0.194. The molecule has 16 heavy (non-hydrogen) atoms. The fourth-order valence-corrected chi connectivity index (χ4v) is 1.09. The summed E-state index contributed by atoms with van der Waals surface area (Å²) in [6.07, 6.45) is 0.792. The molecule has 0 aromatic heterocycles. The molecule has 1 aromatic carbocycles. The highest BCUT2D eigenvalue weighted by Crippen LogP contribution is 2.27. The van der Waals surface area contributed by atoms with Crippen LogP contribution >= 0.6 is 0 Å². The maximum Gasteiger partial charge on any atom is 0.313 e. The smallest absolute Gasteiger partial charge is 0.313 e. The second-order valence-corrected chi connectivity index (χ2v) is 2.98. The molecule has 1 aromatic rings. The number of unbranched alkanes of at least 4 members (excludes halogenated alkanes) is 1. The van der Waals surface area contributed by atoms with Crippen LogP contribution < -0.4 is 4.74 Å². The SMILES string of the molecule is N#CCCCOc1ccc(F)cc1[N+](=O)[O-]. The standard InChI is InChI=1S/C10H9FN2O3/c11-8-3-4-10(9(7-8)13(14)15)16-6-2-1-5-12/h3-4,7H,1-2,6H2. The molecule has 0 aliphatic rings. The third-order valence-electron chi connectivity index (χ3n) is 1.81. The summed E-state index contributed by atoms with van der Waals surface area (Å²) in [4.78, 5) is 9.86. The largest absolute Gasteiger partial charge is 0.487 e. The van der Waals surface area contributed by atoms with E-state index < -0.39 is 16.4 Å². The Morgan fingerprint density at radius 2 is 2.31 bits per heavy atom. The average molecular weight is 224 g/mol. The lowest BCUT2D eigenvalue weighted by atomic mass is 10.3. The minimum atomic E-state index is -0.706. The van der Waals surface area contributed by atoms with Gasteiger partial charge in [0.1, 0.15) is 5.82 Å². The summed E-state index contributed by atoms with van der Waals surface area (Å²) in [5.41, 5.74) is -0.406. The van der Waals surface area contributed by atoms with Gasteiger partial charge < -0.3 is 4.74 Å². The molecule has 0 heterocycles. The number of nitrogens with zero attached hydrogens (tertiary/aromatic N) is 2. The van der Waals surface area contributed by atoms with Crippen LogP contribution in [0.3, 0.4) is 0 Å². The van der Waals surface area contributed by atoms with E-state index in [9.17, 15) is 14.5 Å². The molecule has 0 saturated carbocycles. The summed E-state index contributed by atoms with van der Waals surface area (Å²) < 4.78 is 17.8. The first-order valence-corrected chi connectivity index (χ1v) is 4.59. The Balaban J connectivity index is 2.72. The van der Waals surface area contributed by atoms with Gasteiger partial charge in [0.2, 0.25) is 0 Å². The topological polar surface area (TPSA) is 76.2 Å². The molecular formula is C10H9FN2O3. The van der Waals surface area contributed by atoms with E-state index in [1.54, 1.807) is 0 Å². The summed E-state index contributed by atoms with van der Waals surface area (Å²) in [5, 5.41) is 18.8. The van der Waals surface area contributed by atoms with Crippen LogP contribution in [0.2, 0.25) is 0 Å². The van der Waals surface area contributed by atoms with Crippen molar-refractivity contribution in [1.29, 1.82) is 5.26 Å². The summed E-state index contributed by atoms with van der Waals surface area (Å²) in [5.74, 6) is -0.666. The highest BCUT2D eigenvalue weighted by molar-refractivity contribution is 5.46. The van der Waals surface area contributed by atoms with Gasteiger partial charge in [0.25, 0.3) is 0 Å². The molecule has 0 N–H and O–H groups in total. The van der Waals surface area contributed by atoms with Crippen LogP contribution in [0.15, 0.2) is 18.2 Å². The molecule has 0 spiro atoms. The quantitative estimate of drug-likeness (QED) is 0.437. The second-order valence-electron chi connectivity index (χ2n) is 2.98. The highest BCUT2D eigenvalue weighted by atomic mass is 19.1. The molecule has 1 rings (SSSR count). The van der Waals surface area contributed by atoms with Crippen molar-refractivity contribution in [3.63, 3.8) is 0 Å². The number of nitro benzene ring substituents is 1. The van der Waals surface area contributed by atoms with E-state index in [-0.39, 0.29) is 12.4 Å². The maximum atomic E-state index is 12.7. The van der Waals surface area contributed by atoms with Crippen molar-refractivity contribution >= 4 is 5.69 Å². The van der Waals surface area contributed by atoms with Gasteiger partial charge in [0.15, 0.2) is 5.75 Å². The average Bonchev–Trinajstić information content (AvgIpc) is 2.26. The molecule has 0 aliphatic heterocycles. The number of nitriles is 1. The fourth-order valence-electron chi connectivity index (χ4n) is 1.09. The molecule has 0 amide bonds. The van der Waals surface area contributed by atoms with Crippen LogP contribution in [0, 0.1) is 27.3 Å². The molecular weight excluding hydrogens is 215 g/mol. The van der Waals surface area contributed by atoms with Gasteiger partial charge in [-0.2, -0.15) is 5.26 Å². The minimum Gasteiger partial charge on any atom is -0.487 e. The van der Waals surface area contributed by atoms with E-state index in [4.69, 9.17) is 10.00 Å². The summed E-state index contributed by atoms with van der Waals surface area (Å²) in [6, 6.07) is 5.03. The number of rotatable bonds is 5. The Labute approximate surface area is 91.2 Å². The Hall–Kier alpha value is -2.16. The molecule has 0 unspecified atom stereocenters. The third-order valence-corrected chi connectivity index (χ3v) is 1.81. The highest BCUT2D eigenvalue weighted by Gasteiger charge is 2.15. The van der Waals surface area contributed by atoms with Crippen LogP contribution in [0.5, 0.6) is 5.75 Å². The summed E-state index contributed by atoms with van der Waals surface area (Å²) >= 11 is 0. The number of benzene rings is 1. The van der Waals surface area contributed by atoms with Gasteiger partial charge in [-0.15, -0.1) is 0 Å². The lowest BCUT2D eigenvalue weighted by molar-refractivity contribution is -0.386. The van der Waals surface area contributed by atoms with Crippen molar-refractivity contribution in [3.05, 3.63) is 34.1 Å². The third kappa shape index (κ3) is 3.20. The van der Waals surface area contributed by atoms with E-state index in [0.717, 1.165) is 12.1 Å². The molecule has 0 fully saturated rings. The van der Waals surface area contributed by atoms with E-state index >= 15 is 0 Å². The molecule has 0 bridgehead atoms. The van der Waals surface area contributed by atoms with Crippen LogP contribution in [0.25, 0.3) is 0 Å². The predicted molar refractivity (Wildman–Crippen MR) is 53.4 cm³/mol. The van der Waals surface area contributed by atoms with Gasteiger partial charge >= 0.3 is 5.69 Å². The molecule has 0 radical (unpaired) electrons. The lowest BCUT2D eigenvalue weighted by Crippen LogP contribution is -2.00. The first-order valence-electron chi connectivity index (χ1n) is 4.59.